The smallest absolute Gasteiger partial charge is 0.330 e. The van der Waals surface area contributed by atoms with E-state index in [1.807, 2.05) is 12.1 Å². The molecular weight excluding hydrogens is 338 g/mol. The van der Waals surface area contributed by atoms with Crippen molar-refractivity contribution in [3.8, 4) is 11.5 Å². The second-order valence-corrected chi connectivity index (χ2v) is 6.13. The van der Waals surface area contributed by atoms with E-state index in [0.717, 1.165) is 21.1 Å². The number of phenols is 1. The van der Waals surface area contributed by atoms with Gasteiger partial charge < -0.3 is 20.0 Å². The summed E-state index contributed by atoms with van der Waals surface area (Å²) in [4.78, 5) is 16.3. The Morgan fingerprint density at radius 2 is 2.04 bits per heavy atom. The number of nitrogens with zero attached hydrogens (tertiary/aromatic N) is 4. The van der Waals surface area contributed by atoms with Crippen molar-refractivity contribution < 1.29 is 9.84 Å². The van der Waals surface area contributed by atoms with Crippen LogP contribution in [0.2, 0.25) is 0 Å². The van der Waals surface area contributed by atoms with Gasteiger partial charge in [-0.1, -0.05) is 6.57 Å². The first kappa shape index (κ1) is 15.1. The molecule has 0 fully saturated rings. The third-order valence-corrected chi connectivity index (χ3v) is 4.66. The molecule has 0 spiro atoms. The molecular formula is C17H11N5O2S. The molecule has 2 heterocycles. The Morgan fingerprint density at radius 3 is 2.80 bits per heavy atom. The van der Waals surface area contributed by atoms with Gasteiger partial charge in [-0.05, 0) is 24.3 Å². The molecule has 122 valence electrons. The number of nitrogens with one attached hydrogen (secondary N) is 1. The lowest BCUT2D eigenvalue weighted by Crippen LogP contribution is -1.96. The number of hydrogen-bond acceptors (Lipinski definition) is 7. The summed E-state index contributed by atoms with van der Waals surface area (Å²) >= 11 is 1.31. The molecule has 0 aliphatic heterocycles. The van der Waals surface area contributed by atoms with Gasteiger partial charge in [0.05, 0.1) is 22.7 Å². The number of phenolic OH excluding ortho intramolecular Hbond substituents is 1. The lowest BCUT2D eigenvalue weighted by molar-refractivity contribution is 0.373. The molecule has 2 aromatic carbocycles. The zero-order chi connectivity index (χ0) is 17.4. The summed E-state index contributed by atoms with van der Waals surface area (Å²) in [6.45, 7) is 7.17. The first-order chi connectivity index (χ1) is 12.2. The van der Waals surface area contributed by atoms with Crippen LogP contribution in [0.15, 0.2) is 36.7 Å². The van der Waals surface area contributed by atoms with E-state index in [0.29, 0.717) is 22.4 Å². The highest BCUT2D eigenvalue weighted by Crippen LogP contribution is 2.37. The minimum atomic E-state index is 0.0316. The normalized spacial score (nSPS) is 10.7. The van der Waals surface area contributed by atoms with Gasteiger partial charge in [0.2, 0.25) is 0 Å². The third-order valence-electron chi connectivity index (χ3n) is 3.68. The molecule has 2 N–H and O–H groups in total. The van der Waals surface area contributed by atoms with Gasteiger partial charge in [0.25, 0.3) is 0 Å². The summed E-state index contributed by atoms with van der Waals surface area (Å²) in [5.74, 6) is 1.01. The van der Waals surface area contributed by atoms with Crippen molar-refractivity contribution in [2.75, 3.05) is 12.4 Å². The average molecular weight is 349 g/mol. The molecule has 0 amide bonds. The fourth-order valence-corrected chi connectivity index (χ4v) is 3.46. The lowest BCUT2D eigenvalue weighted by Gasteiger charge is -2.10. The average Bonchev–Trinajstić information content (AvgIpc) is 3.05. The standard InChI is InChI=1S/C17H11N5O2S/c1-18-17-22-11-5-4-10-14(15(11)25-17)16(20-8-19-10)21-9-3-6-13(24-2)12(23)7-9/h3-8,23H,2H3,(H,19,20,21). The van der Waals surface area contributed by atoms with Gasteiger partial charge in [-0.2, -0.15) is 0 Å². The second kappa shape index (κ2) is 5.89. The van der Waals surface area contributed by atoms with E-state index in [4.69, 9.17) is 11.3 Å². The number of benzene rings is 2. The Bertz CT molecular complexity index is 1150. The highest BCUT2D eigenvalue weighted by molar-refractivity contribution is 7.23. The zero-order valence-electron chi connectivity index (χ0n) is 13.0. The fraction of sp³-hybridized carbons (Fsp3) is 0.0588. The number of anilines is 2. The third kappa shape index (κ3) is 2.56. The number of aromatic hydroxyl groups is 1. The fourth-order valence-electron chi connectivity index (χ4n) is 2.57. The van der Waals surface area contributed by atoms with Crippen molar-refractivity contribution in [2.24, 2.45) is 0 Å². The van der Waals surface area contributed by atoms with Crippen LogP contribution in [0.5, 0.6) is 11.5 Å². The topological polar surface area (TPSA) is 84.5 Å². The molecule has 0 radical (unpaired) electrons. The van der Waals surface area contributed by atoms with Crippen LogP contribution in [-0.4, -0.2) is 27.2 Å². The number of ether oxygens (including phenoxy) is 1. The number of thiazole rings is 1. The molecule has 2 aromatic heterocycles. The summed E-state index contributed by atoms with van der Waals surface area (Å²) < 4.78 is 5.91. The van der Waals surface area contributed by atoms with Crippen LogP contribution in [0.3, 0.4) is 0 Å². The molecule has 4 rings (SSSR count). The van der Waals surface area contributed by atoms with E-state index in [9.17, 15) is 5.11 Å². The SMILES string of the molecule is [C-]#[N+]c1nc2ccc3ncnc(Nc4ccc(OC)c(O)c4)c3c2s1. The summed E-state index contributed by atoms with van der Waals surface area (Å²) in [5, 5.41) is 14.3. The predicted octanol–water partition coefficient (Wildman–Crippen LogP) is 4.25. The Kier molecular flexibility index (Phi) is 3.56. The van der Waals surface area contributed by atoms with Gasteiger partial charge >= 0.3 is 5.13 Å². The maximum Gasteiger partial charge on any atom is 0.330 e. The van der Waals surface area contributed by atoms with Gasteiger partial charge in [-0.25, -0.2) is 9.97 Å². The maximum atomic E-state index is 9.95. The molecule has 0 unspecified atom stereocenters. The summed E-state index contributed by atoms with van der Waals surface area (Å²) in [5.41, 5.74) is 2.15. The highest BCUT2D eigenvalue weighted by atomic mass is 32.1. The Morgan fingerprint density at radius 1 is 1.20 bits per heavy atom. The Balaban J connectivity index is 1.88. The zero-order valence-corrected chi connectivity index (χ0v) is 13.8. The van der Waals surface area contributed by atoms with E-state index < -0.39 is 0 Å². The van der Waals surface area contributed by atoms with Gasteiger partial charge in [-0.3, -0.25) is 0 Å². The number of hydrogen-bond donors (Lipinski definition) is 2. The second-order valence-electron chi connectivity index (χ2n) is 5.15. The quantitative estimate of drug-likeness (QED) is 0.538. The van der Waals surface area contributed by atoms with Crippen LogP contribution >= 0.6 is 11.3 Å². The van der Waals surface area contributed by atoms with Gasteiger partial charge in [0, 0.05) is 11.8 Å². The molecule has 4 aromatic rings. The van der Waals surface area contributed by atoms with E-state index in [1.165, 1.54) is 24.8 Å². The van der Waals surface area contributed by atoms with Gasteiger partial charge in [0.15, 0.2) is 17.0 Å². The molecule has 0 bridgehead atoms. The van der Waals surface area contributed by atoms with Crippen molar-refractivity contribution in [3.05, 3.63) is 48.1 Å². The van der Waals surface area contributed by atoms with Crippen molar-refractivity contribution in [1.29, 1.82) is 0 Å². The van der Waals surface area contributed by atoms with Crippen molar-refractivity contribution in [1.82, 2.24) is 15.0 Å². The number of rotatable bonds is 3. The van der Waals surface area contributed by atoms with Gasteiger partial charge in [-0.15, -0.1) is 16.3 Å². The molecule has 8 heteroatoms. The molecule has 25 heavy (non-hydrogen) atoms. The Hall–Kier alpha value is -3.44. The molecule has 7 nitrogen and oxygen atoms in total. The van der Waals surface area contributed by atoms with E-state index in [2.05, 4.69) is 25.1 Å². The molecule has 0 atom stereocenters. The van der Waals surface area contributed by atoms with Crippen molar-refractivity contribution in [2.45, 2.75) is 0 Å². The summed E-state index contributed by atoms with van der Waals surface area (Å²) in [7, 11) is 1.50. The predicted molar refractivity (Wildman–Crippen MR) is 96.9 cm³/mol. The molecule has 0 saturated carbocycles. The van der Waals surface area contributed by atoms with Crippen LogP contribution in [0.25, 0.3) is 26.0 Å². The van der Waals surface area contributed by atoms with Crippen LogP contribution < -0.4 is 10.1 Å². The van der Waals surface area contributed by atoms with Gasteiger partial charge in [0.1, 0.15) is 12.1 Å². The van der Waals surface area contributed by atoms with E-state index in [1.54, 1.807) is 18.2 Å². The summed E-state index contributed by atoms with van der Waals surface area (Å²) in [6.07, 6.45) is 1.47. The van der Waals surface area contributed by atoms with Crippen molar-refractivity contribution in [3.63, 3.8) is 0 Å². The van der Waals surface area contributed by atoms with E-state index in [-0.39, 0.29) is 5.75 Å². The molecule has 0 aliphatic rings. The minimum absolute atomic E-state index is 0.0316. The van der Waals surface area contributed by atoms with Crippen LogP contribution in [0.1, 0.15) is 0 Å². The number of fused-ring (bicyclic) bond motifs is 3. The first-order valence-corrected chi connectivity index (χ1v) is 8.07. The molecule has 0 saturated heterocycles. The molecule has 0 aliphatic carbocycles. The van der Waals surface area contributed by atoms with Crippen LogP contribution in [-0.2, 0) is 0 Å². The number of aromatic nitrogens is 3. The minimum Gasteiger partial charge on any atom is -0.504 e. The number of methoxy groups -OCH3 is 1. The van der Waals surface area contributed by atoms with E-state index >= 15 is 0 Å². The van der Waals surface area contributed by atoms with Crippen molar-refractivity contribution >= 4 is 49.1 Å². The highest BCUT2D eigenvalue weighted by Gasteiger charge is 2.15. The monoisotopic (exact) mass is 349 g/mol. The lowest BCUT2D eigenvalue weighted by atomic mass is 10.2. The largest absolute Gasteiger partial charge is 0.504 e. The van der Waals surface area contributed by atoms with Crippen LogP contribution in [0, 0.1) is 6.57 Å². The summed E-state index contributed by atoms with van der Waals surface area (Å²) in [6, 6.07) is 8.71. The maximum absolute atomic E-state index is 9.95. The van der Waals surface area contributed by atoms with Crippen LogP contribution in [0.4, 0.5) is 16.6 Å². The first-order valence-electron chi connectivity index (χ1n) is 7.25. The Labute approximate surface area is 146 Å².